The first-order chi connectivity index (χ1) is 9.31. The molecule has 0 saturated heterocycles. The number of carbonyl (C=O) groups is 2. The van der Waals surface area contributed by atoms with Crippen molar-refractivity contribution in [3.05, 3.63) is 24.3 Å². The molecule has 1 amide bonds. The molecule has 0 unspecified atom stereocenters. The highest BCUT2D eigenvalue weighted by molar-refractivity contribution is 5.81. The Morgan fingerprint density at radius 3 is 2.55 bits per heavy atom. The van der Waals surface area contributed by atoms with Crippen molar-refractivity contribution in [3.63, 3.8) is 0 Å². The molecule has 0 bridgehead atoms. The van der Waals surface area contributed by atoms with Gasteiger partial charge in [-0.15, -0.1) is 0 Å². The number of hydrogen-bond acceptors (Lipinski definition) is 6. The second kappa shape index (κ2) is 6.83. The first-order valence-electron chi connectivity index (χ1n) is 6.14. The molecular formula is C13H19N3O4. The molecule has 1 atom stereocenters. The van der Waals surface area contributed by atoms with Gasteiger partial charge in [-0.2, -0.15) is 0 Å². The molecule has 1 aromatic heterocycles. The molecule has 110 valence electrons. The molecule has 0 radical (unpaired) electrons. The lowest BCUT2D eigenvalue weighted by Gasteiger charge is -2.22. The fraction of sp³-hybridized carbons (Fsp3) is 0.538. The Hall–Kier alpha value is -2.18. The number of alkyl carbamates (subject to hydrolysis) is 1. The Labute approximate surface area is 117 Å². The van der Waals surface area contributed by atoms with Crippen LogP contribution in [0.4, 0.5) is 4.79 Å². The number of nitrogens with zero attached hydrogens (tertiary/aromatic N) is 2. The number of aromatic nitrogens is 2. The lowest BCUT2D eigenvalue weighted by molar-refractivity contribution is -0.143. The Bertz CT molecular complexity index is 456. The molecule has 0 aliphatic carbocycles. The van der Waals surface area contributed by atoms with Crippen LogP contribution in [0.2, 0.25) is 0 Å². The molecule has 1 heterocycles. The van der Waals surface area contributed by atoms with Gasteiger partial charge < -0.3 is 14.8 Å². The van der Waals surface area contributed by atoms with Gasteiger partial charge in [0, 0.05) is 25.0 Å². The van der Waals surface area contributed by atoms with Crippen molar-refractivity contribution in [2.45, 2.75) is 38.8 Å². The fourth-order valence-corrected chi connectivity index (χ4v) is 1.43. The van der Waals surface area contributed by atoms with Crippen LogP contribution in [-0.2, 0) is 20.7 Å². The van der Waals surface area contributed by atoms with Gasteiger partial charge in [0.05, 0.1) is 12.8 Å². The molecule has 0 spiro atoms. The molecule has 1 aromatic rings. The van der Waals surface area contributed by atoms with Gasteiger partial charge >= 0.3 is 12.1 Å². The maximum absolute atomic E-state index is 11.7. The zero-order chi connectivity index (χ0) is 15.2. The highest BCUT2D eigenvalue weighted by Gasteiger charge is 2.25. The van der Waals surface area contributed by atoms with Crippen molar-refractivity contribution in [3.8, 4) is 0 Å². The molecule has 0 aliphatic rings. The number of hydrogen-bond donors (Lipinski definition) is 1. The number of methoxy groups -OCH3 is 1. The number of carbonyl (C=O) groups excluding carboxylic acids is 2. The van der Waals surface area contributed by atoms with Crippen LogP contribution in [0.1, 0.15) is 26.5 Å². The lowest BCUT2D eigenvalue weighted by atomic mass is 10.1. The maximum atomic E-state index is 11.7. The SMILES string of the molecule is COC(=O)[C@@H](Cc1cnccn1)NC(=O)OC(C)(C)C. The number of nitrogens with one attached hydrogen (secondary N) is 1. The van der Waals surface area contributed by atoms with Crippen LogP contribution in [0.5, 0.6) is 0 Å². The highest BCUT2D eigenvalue weighted by Crippen LogP contribution is 2.08. The minimum absolute atomic E-state index is 0.180. The quantitative estimate of drug-likeness (QED) is 0.831. The lowest BCUT2D eigenvalue weighted by Crippen LogP contribution is -2.45. The van der Waals surface area contributed by atoms with Crippen LogP contribution in [0, 0.1) is 0 Å². The molecule has 0 aliphatic heterocycles. The van der Waals surface area contributed by atoms with Crippen molar-refractivity contribution in [1.82, 2.24) is 15.3 Å². The standard InChI is InChI=1S/C13H19N3O4/c1-13(2,3)20-12(18)16-10(11(17)19-4)7-9-8-14-5-6-15-9/h5-6,8,10H,7H2,1-4H3,(H,16,18)/t10-/m1/s1. The summed E-state index contributed by atoms with van der Waals surface area (Å²) >= 11 is 0. The molecule has 20 heavy (non-hydrogen) atoms. The Morgan fingerprint density at radius 2 is 2.05 bits per heavy atom. The molecular weight excluding hydrogens is 262 g/mol. The first kappa shape index (κ1) is 15.9. The summed E-state index contributed by atoms with van der Waals surface area (Å²) in [7, 11) is 1.25. The minimum atomic E-state index is -0.869. The topological polar surface area (TPSA) is 90.4 Å². The number of esters is 1. The van der Waals surface area contributed by atoms with Gasteiger partial charge in [0.15, 0.2) is 0 Å². The number of amides is 1. The normalized spacial score (nSPS) is 12.4. The number of ether oxygens (including phenoxy) is 2. The second-order valence-corrected chi connectivity index (χ2v) is 5.12. The predicted octanol–water partition coefficient (Wildman–Crippen LogP) is 1.09. The van der Waals surface area contributed by atoms with Gasteiger partial charge in [-0.1, -0.05) is 0 Å². The molecule has 7 nitrogen and oxygen atoms in total. The van der Waals surface area contributed by atoms with Crippen LogP contribution in [0.25, 0.3) is 0 Å². The van der Waals surface area contributed by atoms with E-state index in [1.54, 1.807) is 20.8 Å². The fourth-order valence-electron chi connectivity index (χ4n) is 1.43. The van der Waals surface area contributed by atoms with Gasteiger partial charge in [0.25, 0.3) is 0 Å². The van der Waals surface area contributed by atoms with Crippen LogP contribution in [0.15, 0.2) is 18.6 Å². The van der Waals surface area contributed by atoms with Crippen molar-refractivity contribution < 1.29 is 19.1 Å². The third-order valence-electron chi connectivity index (χ3n) is 2.21. The molecule has 1 rings (SSSR count). The van der Waals surface area contributed by atoms with Crippen LogP contribution in [0.3, 0.4) is 0 Å². The van der Waals surface area contributed by atoms with E-state index >= 15 is 0 Å². The van der Waals surface area contributed by atoms with E-state index in [-0.39, 0.29) is 6.42 Å². The Balaban J connectivity index is 2.70. The van der Waals surface area contributed by atoms with Crippen molar-refractivity contribution >= 4 is 12.1 Å². The zero-order valence-electron chi connectivity index (χ0n) is 12.0. The Morgan fingerprint density at radius 1 is 1.35 bits per heavy atom. The average Bonchev–Trinajstić information content (AvgIpc) is 2.36. The van der Waals surface area contributed by atoms with E-state index in [0.29, 0.717) is 5.69 Å². The molecule has 1 N–H and O–H groups in total. The number of rotatable bonds is 4. The van der Waals surface area contributed by atoms with Crippen LogP contribution in [-0.4, -0.2) is 40.8 Å². The molecule has 7 heteroatoms. The smallest absolute Gasteiger partial charge is 0.408 e. The van der Waals surface area contributed by atoms with Gasteiger partial charge in [-0.3, -0.25) is 9.97 Å². The van der Waals surface area contributed by atoms with E-state index in [4.69, 9.17) is 4.74 Å². The summed E-state index contributed by atoms with van der Waals surface area (Å²) in [4.78, 5) is 31.3. The van der Waals surface area contributed by atoms with Gasteiger partial charge in [0.2, 0.25) is 0 Å². The summed E-state index contributed by atoms with van der Waals surface area (Å²) in [6.45, 7) is 5.22. The summed E-state index contributed by atoms with van der Waals surface area (Å²) in [5.41, 5.74) is -0.0731. The summed E-state index contributed by atoms with van der Waals surface area (Å²) in [6, 6.07) is -0.869. The first-order valence-corrected chi connectivity index (χ1v) is 6.14. The van der Waals surface area contributed by atoms with E-state index < -0.39 is 23.7 Å². The largest absolute Gasteiger partial charge is 0.467 e. The molecule has 0 fully saturated rings. The third-order valence-corrected chi connectivity index (χ3v) is 2.21. The monoisotopic (exact) mass is 281 g/mol. The second-order valence-electron chi connectivity index (χ2n) is 5.12. The van der Waals surface area contributed by atoms with Gasteiger partial charge in [-0.25, -0.2) is 9.59 Å². The van der Waals surface area contributed by atoms with Gasteiger partial charge in [0.1, 0.15) is 11.6 Å². The summed E-state index contributed by atoms with van der Waals surface area (Å²) in [5.74, 6) is -0.568. The summed E-state index contributed by atoms with van der Waals surface area (Å²) in [5, 5.41) is 2.47. The van der Waals surface area contributed by atoms with E-state index in [1.807, 2.05) is 0 Å². The highest BCUT2D eigenvalue weighted by atomic mass is 16.6. The van der Waals surface area contributed by atoms with E-state index in [9.17, 15) is 9.59 Å². The minimum Gasteiger partial charge on any atom is -0.467 e. The van der Waals surface area contributed by atoms with Gasteiger partial charge in [-0.05, 0) is 20.8 Å². The van der Waals surface area contributed by atoms with Crippen molar-refractivity contribution in [1.29, 1.82) is 0 Å². The van der Waals surface area contributed by atoms with E-state index in [1.165, 1.54) is 25.7 Å². The zero-order valence-corrected chi connectivity index (χ0v) is 12.0. The summed E-state index contributed by atoms with van der Waals surface area (Å²) in [6.07, 6.45) is 4.05. The van der Waals surface area contributed by atoms with Crippen molar-refractivity contribution in [2.75, 3.05) is 7.11 Å². The Kier molecular flexibility index (Phi) is 5.42. The van der Waals surface area contributed by atoms with Crippen LogP contribution < -0.4 is 5.32 Å². The third kappa shape index (κ3) is 5.64. The average molecular weight is 281 g/mol. The molecule has 0 aromatic carbocycles. The molecule has 0 saturated carbocycles. The maximum Gasteiger partial charge on any atom is 0.408 e. The van der Waals surface area contributed by atoms with E-state index in [0.717, 1.165) is 0 Å². The van der Waals surface area contributed by atoms with Crippen LogP contribution >= 0.6 is 0 Å². The van der Waals surface area contributed by atoms with Crippen molar-refractivity contribution in [2.24, 2.45) is 0 Å². The van der Waals surface area contributed by atoms with E-state index in [2.05, 4.69) is 20.0 Å². The predicted molar refractivity (Wildman–Crippen MR) is 70.9 cm³/mol. The summed E-state index contributed by atoms with van der Waals surface area (Å²) < 4.78 is 9.76.